The zero-order valence-electron chi connectivity index (χ0n) is 12.3. The third-order valence-corrected chi connectivity index (χ3v) is 3.84. The molecule has 1 aromatic heterocycles. The predicted molar refractivity (Wildman–Crippen MR) is 89.3 cm³/mol. The van der Waals surface area contributed by atoms with Gasteiger partial charge in [0.1, 0.15) is 4.60 Å². The van der Waals surface area contributed by atoms with Gasteiger partial charge in [-0.3, -0.25) is 0 Å². The van der Waals surface area contributed by atoms with Gasteiger partial charge in [-0.1, -0.05) is 29.8 Å². The van der Waals surface area contributed by atoms with Crippen molar-refractivity contribution < 1.29 is 0 Å². The van der Waals surface area contributed by atoms with Gasteiger partial charge in [0, 0.05) is 6.04 Å². The van der Waals surface area contributed by atoms with Gasteiger partial charge in [0.25, 0.3) is 0 Å². The fraction of sp³-hybridized carbons (Fsp3) is 0.353. The second kappa shape index (κ2) is 6.89. The van der Waals surface area contributed by atoms with Crippen LogP contribution in [0.15, 0.2) is 41.0 Å². The molecular weight excluding hydrogens is 312 g/mol. The van der Waals surface area contributed by atoms with Crippen molar-refractivity contribution in [1.29, 1.82) is 0 Å². The van der Waals surface area contributed by atoms with Crippen LogP contribution in [0.25, 0.3) is 0 Å². The molecule has 0 aliphatic heterocycles. The molecule has 0 fully saturated rings. The summed E-state index contributed by atoms with van der Waals surface area (Å²) < 4.78 is 0.882. The van der Waals surface area contributed by atoms with Crippen molar-refractivity contribution in [2.24, 2.45) is 0 Å². The van der Waals surface area contributed by atoms with E-state index in [2.05, 4.69) is 70.4 Å². The average Bonchev–Trinajstić information content (AvgIpc) is 2.40. The molecule has 20 heavy (non-hydrogen) atoms. The molecule has 0 aliphatic rings. The van der Waals surface area contributed by atoms with Gasteiger partial charge in [0.05, 0.1) is 11.4 Å². The van der Waals surface area contributed by atoms with Crippen LogP contribution in [-0.2, 0) is 6.42 Å². The molecule has 0 amide bonds. The first-order valence-electron chi connectivity index (χ1n) is 7.00. The number of anilines is 1. The van der Waals surface area contributed by atoms with Crippen LogP contribution in [0.3, 0.4) is 0 Å². The smallest absolute Gasteiger partial charge is 0.106 e. The Bertz CT molecular complexity index is 581. The maximum atomic E-state index is 4.41. The Morgan fingerprint density at radius 2 is 2.00 bits per heavy atom. The van der Waals surface area contributed by atoms with Gasteiger partial charge < -0.3 is 5.32 Å². The summed E-state index contributed by atoms with van der Waals surface area (Å²) in [7, 11) is 0. The van der Waals surface area contributed by atoms with Crippen LogP contribution in [0, 0.1) is 13.8 Å². The molecule has 2 aromatic rings. The number of pyridine rings is 1. The monoisotopic (exact) mass is 332 g/mol. The Labute approximate surface area is 129 Å². The standard InChI is InChI=1S/C17H21BrN2/c1-12-5-4-6-15(11-12)8-7-13(2)19-16-9-10-17(18)20-14(16)3/h4-6,9-11,13,19H,7-8H2,1-3H3. The molecule has 0 radical (unpaired) electrons. The molecule has 0 spiro atoms. The number of nitrogens with zero attached hydrogens (tertiary/aromatic N) is 1. The molecule has 1 aromatic carbocycles. The van der Waals surface area contributed by atoms with Gasteiger partial charge in [-0.05, 0) is 67.2 Å². The maximum absolute atomic E-state index is 4.41. The molecule has 0 saturated heterocycles. The summed E-state index contributed by atoms with van der Waals surface area (Å²) in [4.78, 5) is 4.41. The number of nitrogens with one attached hydrogen (secondary N) is 1. The van der Waals surface area contributed by atoms with Crippen LogP contribution in [0.5, 0.6) is 0 Å². The largest absolute Gasteiger partial charge is 0.381 e. The average molecular weight is 333 g/mol. The van der Waals surface area contributed by atoms with E-state index in [1.165, 1.54) is 11.1 Å². The number of benzene rings is 1. The van der Waals surface area contributed by atoms with E-state index >= 15 is 0 Å². The first kappa shape index (κ1) is 15.0. The first-order valence-corrected chi connectivity index (χ1v) is 7.79. The van der Waals surface area contributed by atoms with E-state index in [4.69, 9.17) is 0 Å². The van der Waals surface area contributed by atoms with Crippen molar-refractivity contribution >= 4 is 21.6 Å². The van der Waals surface area contributed by atoms with Crippen LogP contribution in [0.4, 0.5) is 5.69 Å². The lowest BCUT2D eigenvalue weighted by molar-refractivity contribution is 0.704. The minimum atomic E-state index is 0.428. The number of aryl methyl sites for hydroxylation is 3. The highest BCUT2D eigenvalue weighted by atomic mass is 79.9. The van der Waals surface area contributed by atoms with Crippen LogP contribution in [0.1, 0.15) is 30.2 Å². The Morgan fingerprint density at radius 1 is 1.20 bits per heavy atom. The minimum Gasteiger partial charge on any atom is -0.381 e. The van der Waals surface area contributed by atoms with E-state index in [0.717, 1.165) is 28.8 Å². The number of hydrogen-bond donors (Lipinski definition) is 1. The van der Waals surface area contributed by atoms with E-state index in [-0.39, 0.29) is 0 Å². The summed E-state index contributed by atoms with van der Waals surface area (Å²) >= 11 is 3.39. The minimum absolute atomic E-state index is 0.428. The highest BCUT2D eigenvalue weighted by Gasteiger charge is 2.06. The normalized spacial score (nSPS) is 12.2. The van der Waals surface area contributed by atoms with E-state index in [1.807, 2.05) is 13.0 Å². The SMILES string of the molecule is Cc1cccc(CCC(C)Nc2ccc(Br)nc2C)c1. The summed E-state index contributed by atoms with van der Waals surface area (Å²) in [6.07, 6.45) is 2.21. The van der Waals surface area contributed by atoms with E-state index in [0.29, 0.717) is 6.04 Å². The molecule has 1 atom stereocenters. The first-order chi connectivity index (χ1) is 9.54. The number of rotatable bonds is 5. The van der Waals surface area contributed by atoms with Crippen LogP contribution in [-0.4, -0.2) is 11.0 Å². The van der Waals surface area contributed by atoms with Gasteiger partial charge >= 0.3 is 0 Å². The van der Waals surface area contributed by atoms with Gasteiger partial charge in [0.2, 0.25) is 0 Å². The van der Waals surface area contributed by atoms with Crippen molar-refractivity contribution in [2.75, 3.05) is 5.32 Å². The van der Waals surface area contributed by atoms with E-state index in [1.54, 1.807) is 0 Å². The Hall–Kier alpha value is -1.35. The zero-order valence-corrected chi connectivity index (χ0v) is 13.9. The van der Waals surface area contributed by atoms with Gasteiger partial charge in [0.15, 0.2) is 0 Å². The van der Waals surface area contributed by atoms with Gasteiger partial charge in [-0.2, -0.15) is 0 Å². The van der Waals surface area contributed by atoms with Crippen LogP contribution >= 0.6 is 15.9 Å². The number of halogens is 1. The molecule has 0 aliphatic carbocycles. The molecule has 0 bridgehead atoms. The van der Waals surface area contributed by atoms with Crippen molar-refractivity contribution in [3.63, 3.8) is 0 Å². The molecular formula is C17H21BrN2. The lowest BCUT2D eigenvalue weighted by Gasteiger charge is -2.17. The Kier molecular flexibility index (Phi) is 5.18. The number of aromatic nitrogens is 1. The highest BCUT2D eigenvalue weighted by molar-refractivity contribution is 9.10. The summed E-state index contributed by atoms with van der Waals surface area (Å²) in [6, 6.07) is 13.2. The topological polar surface area (TPSA) is 24.9 Å². The molecule has 1 unspecified atom stereocenters. The van der Waals surface area contributed by atoms with Gasteiger partial charge in [-0.15, -0.1) is 0 Å². The molecule has 106 valence electrons. The Morgan fingerprint density at radius 3 is 2.70 bits per heavy atom. The fourth-order valence-corrected chi connectivity index (χ4v) is 2.67. The zero-order chi connectivity index (χ0) is 14.5. The van der Waals surface area contributed by atoms with Crippen molar-refractivity contribution in [3.8, 4) is 0 Å². The highest BCUT2D eigenvalue weighted by Crippen LogP contribution is 2.18. The summed E-state index contributed by atoms with van der Waals surface area (Å²) in [6.45, 7) is 6.39. The molecule has 2 nitrogen and oxygen atoms in total. The van der Waals surface area contributed by atoms with E-state index in [9.17, 15) is 0 Å². The summed E-state index contributed by atoms with van der Waals surface area (Å²) in [5, 5.41) is 3.54. The van der Waals surface area contributed by atoms with E-state index < -0.39 is 0 Å². The lowest BCUT2D eigenvalue weighted by Crippen LogP contribution is -2.17. The summed E-state index contributed by atoms with van der Waals surface area (Å²) in [5.74, 6) is 0. The maximum Gasteiger partial charge on any atom is 0.106 e. The number of hydrogen-bond acceptors (Lipinski definition) is 2. The lowest BCUT2D eigenvalue weighted by atomic mass is 10.0. The Balaban J connectivity index is 1.90. The van der Waals surface area contributed by atoms with Crippen molar-refractivity contribution in [2.45, 2.75) is 39.7 Å². The molecule has 2 rings (SSSR count). The summed E-state index contributed by atoms with van der Waals surface area (Å²) in [5.41, 5.74) is 4.88. The second-order valence-corrected chi connectivity index (χ2v) is 6.15. The van der Waals surface area contributed by atoms with Crippen LogP contribution < -0.4 is 5.32 Å². The molecule has 3 heteroatoms. The van der Waals surface area contributed by atoms with Gasteiger partial charge in [-0.25, -0.2) is 4.98 Å². The van der Waals surface area contributed by atoms with Crippen LogP contribution in [0.2, 0.25) is 0 Å². The predicted octanol–water partition coefficient (Wildman–Crippen LogP) is 4.89. The molecule has 0 saturated carbocycles. The quantitative estimate of drug-likeness (QED) is 0.788. The molecule has 1 N–H and O–H groups in total. The van der Waals surface area contributed by atoms with Crippen molar-refractivity contribution in [3.05, 3.63) is 57.8 Å². The third kappa shape index (κ3) is 4.34. The molecule has 1 heterocycles. The fourth-order valence-electron chi connectivity index (χ4n) is 2.27. The van der Waals surface area contributed by atoms with Crippen molar-refractivity contribution in [1.82, 2.24) is 4.98 Å². The third-order valence-electron chi connectivity index (χ3n) is 3.40. The second-order valence-electron chi connectivity index (χ2n) is 5.34.